The average Bonchev–Trinajstić information content (AvgIpc) is 3.23. The van der Waals surface area contributed by atoms with Crippen LogP contribution in [0.2, 0.25) is 5.02 Å². The smallest absolute Gasteiger partial charge is 0.281 e. The van der Waals surface area contributed by atoms with Gasteiger partial charge in [-0.25, -0.2) is 0 Å². The lowest BCUT2D eigenvalue weighted by molar-refractivity contribution is 0.0998. The Bertz CT molecular complexity index is 756. The van der Waals surface area contributed by atoms with Gasteiger partial charge in [0.25, 0.3) is 5.91 Å². The van der Waals surface area contributed by atoms with E-state index in [1.54, 1.807) is 29.5 Å². The zero-order chi connectivity index (χ0) is 15.0. The summed E-state index contributed by atoms with van der Waals surface area (Å²) in [7, 11) is 0. The van der Waals surface area contributed by atoms with Gasteiger partial charge in [-0.05, 0) is 44.7 Å². The molecule has 1 fully saturated rings. The molecule has 3 nitrogen and oxygen atoms in total. The molecule has 0 unspecified atom stereocenters. The van der Waals surface area contributed by atoms with Crippen LogP contribution in [0.4, 0.5) is 0 Å². The molecule has 0 N–H and O–H groups in total. The highest BCUT2D eigenvalue weighted by molar-refractivity contribution is 7.09. The molecule has 0 aliphatic heterocycles. The number of benzene rings is 1. The lowest BCUT2D eigenvalue weighted by Crippen LogP contribution is -2.19. The van der Waals surface area contributed by atoms with E-state index in [0.717, 1.165) is 17.3 Å². The van der Waals surface area contributed by atoms with Crippen LogP contribution in [0.1, 0.15) is 33.8 Å². The van der Waals surface area contributed by atoms with Gasteiger partial charge in [-0.1, -0.05) is 23.7 Å². The van der Waals surface area contributed by atoms with Crippen LogP contribution in [0.5, 0.6) is 0 Å². The third kappa shape index (κ3) is 3.11. The fraction of sp³-hybridized carbons (Fsp3) is 0.375. The van der Waals surface area contributed by atoms with Crippen molar-refractivity contribution in [2.45, 2.75) is 33.2 Å². The summed E-state index contributed by atoms with van der Waals surface area (Å²) >= 11 is 7.64. The molecule has 3 rings (SSSR count). The van der Waals surface area contributed by atoms with Crippen molar-refractivity contribution in [1.82, 2.24) is 4.57 Å². The van der Waals surface area contributed by atoms with E-state index in [-0.39, 0.29) is 5.91 Å². The van der Waals surface area contributed by atoms with Crippen LogP contribution in [0.25, 0.3) is 0 Å². The zero-order valence-electron chi connectivity index (χ0n) is 12.1. The Morgan fingerprint density at radius 2 is 2.10 bits per heavy atom. The number of amides is 1. The second kappa shape index (κ2) is 5.78. The van der Waals surface area contributed by atoms with E-state index >= 15 is 0 Å². The first kappa shape index (κ1) is 14.5. The van der Waals surface area contributed by atoms with Crippen LogP contribution in [-0.2, 0) is 6.54 Å². The number of hydrogen-bond donors (Lipinski definition) is 0. The number of carbonyl (C=O) groups is 1. The fourth-order valence-corrected chi connectivity index (χ4v) is 3.44. The summed E-state index contributed by atoms with van der Waals surface area (Å²) in [6, 6.07) is 7.05. The summed E-state index contributed by atoms with van der Waals surface area (Å²) in [6.07, 6.45) is 2.55. The molecule has 1 saturated carbocycles. The molecular formula is C16H17ClN2OS. The Hall–Kier alpha value is -1.39. The SMILES string of the molecule is Cc1s/c(=N\C(=O)c2ccccc2Cl)n(CC2CC2)c1C. The number of carbonyl (C=O) groups excluding carboxylic acids is 1. The summed E-state index contributed by atoms with van der Waals surface area (Å²) in [6.45, 7) is 5.13. The first-order chi connectivity index (χ1) is 10.1. The molecule has 0 bridgehead atoms. The van der Waals surface area contributed by atoms with Gasteiger partial charge in [-0.3, -0.25) is 4.79 Å². The average molecular weight is 321 g/mol. The van der Waals surface area contributed by atoms with Gasteiger partial charge in [-0.2, -0.15) is 4.99 Å². The van der Waals surface area contributed by atoms with Crippen molar-refractivity contribution >= 4 is 28.8 Å². The Morgan fingerprint density at radius 1 is 1.38 bits per heavy atom. The highest BCUT2D eigenvalue weighted by Crippen LogP contribution is 2.31. The number of aromatic nitrogens is 1. The fourth-order valence-electron chi connectivity index (χ4n) is 2.24. The highest BCUT2D eigenvalue weighted by Gasteiger charge is 2.23. The molecule has 0 spiro atoms. The molecule has 21 heavy (non-hydrogen) atoms. The molecule has 5 heteroatoms. The predicted octanol–water partition coefficient (Wildman–Crippen LogP) is 3.97. The maximum absolute atomic E-state index is 12.4. The van der Waals surface area contributed by atoms with Crippen LogP contribution in [-0.4, -0.2) is 10.5 Å². The normalized spacial score (nSPS) is 15.5. The van der Waals surface area contributed by atoms with Gasteiger partial charge in [0.1, 0.15) is 0 Å². The lowest BCUT2D eigenvalue weighted by atomic mass is 10.2. The standard InChI is InChI=1S/C16H17ClN2OS/c1-10-11(2)21-16(19(10)9-12-7-8-12)18-15(20)13-5-3-4-6-14(13)17/h3-6,12H,7-9H2,1-2H3/b18-16-. The molecule has 2 aromatic rings. The van der Waals surface area contributed by atoms with Crippen LogP contribution in [0, 0.1) is 19.8 Å². The van der Waals surface area contributed by atoms with Crippen molar-refractivity contribution in [3.63, 3.8) is 0 Å². The van der Waals surface area contributed by atoms with Crippen LogP contribution in [0.3, 0.4) is 0 Å². The second-order valence-electron chi connectivity index (χ2n) is 5.48. The van der Waals surface area contributed by atoms with Gasteiger partial charge >= 0.3 is 0 Å². The van der Waals surface area contributed by atoms with Crippen molar-refractivity contribution in [2.75, 3.05) is 0 Å². The predicted molar refractivity (Wildman–Crippen MR) is 85.9 cm³/mol. The largest absolute Gasteiger partial charge is 0.320 e. The first-order valence-corrected chi connectivity index (χ1v) is 8.26. The maximum atomic E-state index is 12.4. The Balaban J connectivity index is 2.01. The first-order valence-electron chi connectivity index (χ1n) is 7.06. The number of halogens is 1. The van der Waals surface area contributed by atoms with Gasteiger partial charge in [0, 0.05) is 17.1 Å². The number of thiazole rings is 1. The van der Waals surface area contributed by atoms with Gasteiger partial charge < -0.3 is 4.57 Å². The van der Waals surface area contributed by atoms with E-state index in [4.69, 9.17) is 11.6 Å². The molecule has 0 atom stereocenters. The van der Waals surface area contributed by atoms with Crippen molar-refractivity contribution < 1.29 is 4.79 Å². The van der Waals surface area contributed by atoms with E-state index in [9.17, 15) is 4.79 Å². The van der Waals surface area contributed by atoms with Crippen LogP contribution < -0.4 is 4.80 Å². The molecule has 1 aromatic carbocycles. The Kier molecular flexibility index (Phi) is 4.00. The molecule has 1 amide bonds. The number of rotatable bonds is 3. The van der Waals surface area contributed by atoms with Crippen molar-refractivity contribution in [3.8, 4) is 0 Å². The highest BCUT2D eigenvalue weighted by atomic mass is 35.5. The third-order valence-electron chi connectivity index (χ3n) is 3.83. The molecule has 1 aromatic heterocycles. The minimum absolute atomic E-state index is 0.272. The summed E-state index contributed by atoms with van der Waals surface area (Å²) < 4.78 is 2.17. The Labute approximate surface area is 132 Å². The van der Waals surface area contributed by atoms with Gasteiger partial charge in [-0.15, -0.1) is 11.3 Å². The maximum Gasteiger partial charge on any atom is 0.281 e. The van der Waals surface area contributed by atoms with E-state index in [1.165, 1.54) is 23.4 Å². The summed E-state index contributed by atoms with van der Waals surface area (Å²) in [5.74, 6) is 0.471. The minimum Gasteiger partial charge on any atom is -0.320 e. The van der Waals surface area contributed by atoms with E-state index in [1.807, 2.05) is 6.07 Å². The molecule has 1 aliphatic rings. The molecule has 1 aliphatic carbocycles. The van der Waals surface area contributed by atoms with E-state index in [2.05, 4.69) is 23.4 Å². The van der Waals surface area contributed by atoms with E-state index < -0.39 is 0 Å². The van der Waals surface area contributed by atoms with Crippen LogP contribution >= 0.6 is 22.9 Å². The van der Waals surface area contributed by atoms with Crippen molar-refractivity contribution in [3.05, 3.63) is 50.2 Å². The molecule has 1 heterocycles. The van der Waals surface area contributed by atoms with E-state index in [0.29, 0.717) is 10.6 Å². The molecule has 0 saturated heterocycles. The van der Waals surface area contributed by atoms with Crippen molar-refractivity contribution in [2.24, 2.45) is 10.9 Å². The monoisotopic (exact) mass is 320 g/mol. The van der Waals surface area contributed by atoms with Crippen molar-refractivity contribution in [1.29, 1.82) is 0 Å². The number of nitrogens with zero attached hydrogens (tertiary/aromatic N) is 2. The van der Waals surface area contributed by atoms with Gasteiger partial charge in [0.15, 0.2) is 4.80 Å². The quantitative estimate of drug-likeness (QED) is 0.842. The van der Waals surface area contributed by atoms with Crippen LogP contribution in [0.15, 0.2) is 29.3 Å². The summed E-state index contributed by atoms with van der Waals surface area (Å²) in [5, 5.41) is 0.449. The lowest BCUT2D eigenvalue weighted by Gasteiger charge is -2.04. The third-order valence-corrected chi connectivity index (χ3v) is 5.25. The second-order valence-corrected chi connectivity index (χ2v) is 7.07. The minimum atomic E-state index is -0.272. The topological polar surface area (TPSA) is 34.4 Å². The Morgan fingerprint density at radius 3 is 2.76 bits per heavy atom. The zero-order valence-corrected chi connectivity index (χ0v) is 13.7. The van der Waals surface area contributed by atoms with Gasteiger partial charge in [0.2, 0.25) is 0 Å². The molecular weight excluding hydrogens is 304 g/mol. The molecule has 110 valence electrons. The summed E-state index contributed by atoms with van der Waals surface area (Å²) in [5.41, 5.74) is 1.67. The number of aryl methyl sites for hydroxylation is 1. The van der Waals surface area contributed by atoms with Gasteiger partial charge in [0.05, 0.1) is 10.6 Å². The molecule has 0 radical (unpaired) electrons. The summed E-state index contributed by atoms with van der Waals surface area (Å²) in [4.78, 5) is 18.7. The number of hydrogen-bond acceptors (Lipinski definition) is 2.